The monoisotopic (exact) mass is 252 g/mol. The molecule has 0 unspecified atom stereocenters. The lowest BCUT2D eigenvalue weighted by molar-refractivity contribution is 0.794. The lowest BCUT2D eigenvalue weighted by atomic mass is 10.0. The standard InChI is InChI=1S/C19H24/c1-3-4-5-17-10-12-19(13-11-17)15-14-18-8-6-16(2)7-9-18/h6-13H,3-5,14-15H2,1-2H3. The molecule has 0 aromatic heterocycles. The van der Waals surface area contributed by atoms with Gasteiger partial charge in [-0.05, 0) is 49.3 Å². The maximum Gasteiger partial charge on any atom is -0.0238 e. The van der Waals surface area contributed by atoms with E-state index < -0.39 is 0 Å². The fourth-order valence-electron chi connectivity index (χ4n) is 2.30. The lowest BCUT2D eigenvalue weighted by Gasteiger charge is -2.05. The van der Waals surface area contributed by atoms with Crippen molar-refractivity contribution < 1.29 is 0 Å². The van der Waals surface area contributed by atoms with Gasteiger partial charge < -0.3 is 0 Å². The molecule has 0 heterocycles. The predicted octanol–water partition coefficient (Wildman–Crippen LogP) is 5.12. The van der Waals surface area contributed by atoms with Crippen molar-refractivity contribution in [2.45, 2.75) is 46.0 Å². The van der Waals surface area contributed by atoms with Crippen LogP contribution in [0.2, 0.25) is 0 Å². The van der Waals surface area contributed by atoms with Gasteiger partial charge >= 0.3 is 0 Å². The predicted molar refractivity (Wildman–Crippen MR) is 83.6 cm³/mol. The summed E-state index contributed by atoms with van der Waals surface area (Å²) in [5.41, 5.74) is 5.69. The van der Waals surface area contributed by atoms with Crippen LogP contribution in [0.25, 0.3) is 0 Å². The van der Waals surface area contributed by atoms with Crippen LogP contribution in [0.1, 0.15) is 42.0 Å². The van der Waals surface area contributed by atoms with Gasteiger partial charge in [0.25, 0.3) is 0 Å². The number of aryl methyl sites for hydroxylation is 4. The normalized spacial score (nSPS) is 10.6. The molecule has 0 heteroatoms. The third kappa shape index (κ3) is 4.55. The number of unbranched alkanes of at least 4 members (excludes halogenated alkanes) is 1. The maximum absolute atomic E-state index is 2.29. The minimum Gasteiger partial charge on any atom is -0.0654 e. The molecule has 0 aliphatic carbocycles. The van der Waals surface area contributed by atoms with Gasteiger partial charge in [0, 0.05) is 0 Å². The summed E-state index contributed by atoms with van der Waals surface area (Å²) in [4.78, 5) is 0. The van der Waals surface area contributed by atoms with E-state index in [-0.39, 0.29) is 0 Å². The molecule has 0 aliphatic rings. The van der Waals surface area contributed by atoms with Crippen molar-refractivity contribution in [1.82, 2.24) is 0 Å². The highest BCUT2D eigenvalue weighted by atomic mass is 14.0. The van der Waals surface area contributed by atoms with E-state index in [4.69, 9.17) is 0 Å². The molecule has 2 aromatic rings. The molecule has 0 spiro atoms. The van der Waals surface area contributed by atoms with Gasteiger partial charge in [-0.3, -0.25) is 0 Å². The largest absolute Gasteiger partial charge is 0.0654 e. The van der Waals surface area contributed by atoms with Crippen LogP contribution in [-0.2, 0) is 19.3 Å². The van der Waals surface area contributed by atoms with E-state index >= 15 is 0 Å². The van der Waals surface area contributed by atoms with E-state index in [9.17, 15) is 0 Å². The molecule has 0 amide bonds. The summed E-state index contributed by atoms with van der Waals surface area (Å²) in [6.07, 6.45) is 6.05. The first-order valence-electron chi connectivity index (χ1n) is 7.41. The molecule has 0 atom stereocenters. The van der Waals surface area contributed by atoms with Crippen molar-refractivity contribution in [2.75, 3.05) is 0 Å². The zero-order chi connectivity index (χ0) is 13.5. The highest BCUT2D eigenvalue weighted by Gasteiger charge is 1.97. The molecule has 0 radical (unpaired) electrons. The highest BCUT2D eigenvalue weighted by molar-refractivity contribution is 5.25. The molecule has 0 bridgehead atoms. The van der Waals surface area contributed by atoms with Gasteiger partial charge in [0.1, 0.15) is 0 Å². The van der Waals surface area contributed by atoms with Gasteiger partial charge in [-0.25, -0.2) is 0 Å². The zero-order valence-corrected chi connectivity index (χ0v) is 12.2. The summed E-state index contributed by atoms with van der Waals surface area (Å²) < 4.78 is 0. The number of benzene rings is 2. The molecular formula is C19H24. The van der Waals surface area contributed by atoms with Crippen LogP contribution in [0, 0.1) is 6.92 Å². The Labute approximate surface area is 117 Å². The molecule has 0 saturated heterocycles. The van der Waals surface area contributed by atoms with Gasteiger partial charge in [0.15, 0.2) is 0 Å². The number of rotatable bonds is 6. The maximum atomic E-state index is 2.29. The molecule has 0 N–H and O–H groups in total. The van der Waals surface area contributed by atoms with Crippen LogP contribution in [0.15, 0.2) is 48.5 Å². The Hall–Kier alpha value is -1.56. The molecule has 0 aliphatic heterocycles. The minimum absolute atomic E-state index is 1.13. The third-order valence-corrected chi connectivity index (χ3v) is 3.66. The molecule has 0 nitrogen and oxygen atoms in total. The Morgan fingerprint density at radius 3 is 1.53 bits per heavy atom. The first-order valence-corrected chi connectivity index (χ1v) is 7.41. The Kier molecular flexibility index (Phi) is 5.20. The van der Waals surface area contributed by atoms with Crippen molar-refractivity contribution in [3.63, 3.8) is 0 Å². The van der Waals surface area contributed by atoms with E-state index in [2.05, 4.69) is 62.4 Å². The molecular weight excluding hydrogens is 228 g/mol. The molecule has 0 fully saturated rings. The smallest absolute Gasteiger partial charge is 0.0238 e. The molecule has 2 aromatic carbocycles. The number of hydrogen-bond acceptors (Lipinski definition) is 0. The van der Waals surface area contributed by atoms with Crippen LogP contribution < -0.4 is 0 Å². The average molecular weight is 252 g/mol. The lowest BCUT2D eigenvalue weighted by Crippen LogP contribution is -1.92. The summed E-state index contributed by atoms with van der Waals surface area (Å²) >= 11 is 0. The van der Waals surface area contributed by atoms with Crippen molar-refractivity contribution >= 4 is 0 Å². The summed E-state index contributed by atoms with van der Waals surface area (Å²) in [6, 6.07) is 18.0. The fourth-order valence-corrected chi connectivity index (χ4v) is 2.30. The first-order chi connectivity index (χ1) is 9.28. The van der Waals surface area contributed by atoms with Crippen molar-refractivity contribution in [3.05, 3.63) is 70.8 Å². The Balaban J connectivity index is 1.87. The van der Waals surface area contributed by atoms with Crippen molar-refractivity contribution in [2.24, 2.45) is 0 Å². The van der Waals surface area contributed by atoms with Crippen LogP contribution in [0.5, 0.6) is 0 Å². The van der Waals surface area contributed by atoms with E-state index in [1.165, 1.54) is 41.5 Å². The third-order valence-electron chi connectivity index (χ3n) is 3.66. The first kappa shape index (κ1) is 13.9. The van der Waals surface area contributed by atoms with Crippen molar-refractivity contribution in [3.8, 4) is 0 Å². The van der Waals surface area contributed by atoms with Gasteiger partial charge in [0.05, 0.1) is 0 Å². The van der Waals surface area contributed by atoms with E-state index in [0.29, 0.717) is 0 Å². The highest BCUT2D eigenvalue weighted by Crippen LogP contribution is 2.11. The van der Waals surface area contributed by atoms with Crippen LogP contribution in [-0.4, -0.2) is 0 Å². The second-order valence-electron chi connectivity index (χ2n) is 5.41. The van der Waals surface area contributed by atoms with Gasteiger partial charge in [0.2, 0.25) is 0 Å². The topological polar surface area (TPSA) is 0 Å². The second kappa shape index (κ2) is 7.13. The zero-order valence-electron chi connectivity index (χ0n) is 12.2. The fraction of sp³-hybridized carbons (Fsp3) is 0.368. The molecule has 0 saturated carbocycles. The molecule has 2 rings (SSSR count). The van der Waals surface area contributed by atoms with E-state index in [0.717, 1.165) is 12.8 Å². The van der Waals surface area contributed by atoms with Gasteiger partial charge in [-0.1, -0.05) is 67.4 Å². The van der Waals surface area contributed by atoms with Crippen LogP contribution in [0.3, 0.4) is 0 Å². The average Bonchev–Trinajstić information content (AvgIpc) is 2.46. The van der Waals surface area contributed by atoms with Crippen molar-refractivity contribution in [1.29, 1.82) is 0 Å². The SMILES string of the molecule is CCCCc1ccc(CCc2ccc(C)cc2)cc1. The summed E-state index contributed by atoms with van der Waals surface area (Å²) in [6.45, 7) is 4.38. The Morgan fingerprint density at radius 1 is 0.632 bits per heavy atom. The minimum atomic E-state index is 1.13. The van der Waals surface area contributed by atoms with Gasteiger partial charge in [-0.2, -0.15) is 0 Å². The summed E-state index contributed by atoms with van der Waals surface area (Å²) in [7, 11) is 0. The Morgan fingerprint density at radius 2 is 1.05 bits per heavy atom. The van der Waals surface area contributed by atoms with Crippen LogP contribution >= 0.6 is 0 Å². The van der Waals surface area contributed by atoms with Crippen LogP contribution in [0.4, 0.5) is 0 Å². The Bertz CT molecular complexity index is 476. The quantitative estimate of drug-likeness (QED) is 0.669. The molecule has 19 heavy (non-hydrogen) atoms. The van der Waals surface area contributed by atoms with E-state index in [1.54, 1.807) is 0 Å². The molecule has 100 valence electrons. The number of hydrogen-bond donors (Lipinski definition) is 0. The summed E-state index contributed by atoms with van der Waals surface area (Å²) in [5, 5.41) is 0. The second-order valence-corrected chi connectivity index (χ2v) is 5.41. The van der Waals surface area contributed by atoms with Gasteiger partial charge in [-0.15, -0.1) is 0 Å². The van der Waals surface area contributed by atoms with E-state index in [1.807, 2.05) is 0 Å². The summed E-state index contributed by atoms with van der Waals surface area (Å²) in [5.74, 6) is 0.